The van der Waals surface area contributed by atoms with E-state index in [2.05, 4.69) is 37.9 Å². The highest BCUT2D eigenvalue weighted by Crippen LogP contribution is 2.47. The van der Waals surface area contributed by atoms with Crippen molar-refractivity contribution in [2.75, 3.05) is 7.11 Å². The highest BCUT2D eigenvalue weighted by Gasteiger charge is 2.56. The molecule has 2 aliphatic rings. The first-order valence-corrected chi connectivity index (χ1v) is 7.58. The van der Waals surface area contributed by atoms with Crippen molar-refractivity contribution >= 4 is 5.91 Å². The molecule has 4 unspecified atom stereocenters. The summed E-state index contributed by atoms with van der Waals surface area (Å²) in [4.78, 5) is 14.7. The third kappa shape index (κ3) is 2.29. The van der Waals surface area contributed by atoms with E-state index in [1.54, 1.807) is 7.11 Å². The van der Waals surface area contributed by atoms with Crippen molar-refractivity contribution in [2.45, 2.75) is 77.7 Å². The third-order valence-electron chi connectivity index (χ3n) is 4.99. The first-order valence-electron chi connectivity index (χ1n) is 7.58. The number of ether oxygens (including phenoxy) is 1. The minimum absolute atomic E-state index is 0.0207. The van der Waals surface area contributed by atoms with Crippen LogP contribution < -0.4 is 5.32 Å². The molecule has 1 aliphatic heterocycles. The molecule has 0 radical (unpaired) electrons. The summed E-state index contributed by atoms with van der Waals surface area (Å²) < 4.78 is 5.51. The number of methoxy groups -OCH3 is 1. The van der Waals surface area contributed by atoms with E-state index < -0.39 is 0 Å². The zero-order valence-electron chi connectivity index (χ0n) is 12.9. The Labute approximate surface area is 116 Å². The molecule has 0 aromatic carbocycles. The molecule has 2 rings (SSSR count). The van der Waals surface area contributed by atoms with E-state index >= 15 is 0 Å². The second-order valence-electron chi connectivity index (χ2n) is 6.47. The number of carbonyl (C=O) groups excluding carboxylic acids is 1. The van der Waals surface area contributed by atoms with Crippen molar-refractivity contribution in [3.8, 4) is 0 Å². The predicted molar refractivity (Wildman–Crippen MR) is 75.7 cm³/mol. The van der Waals surface area contributed by atoms with Gasteiger partial charge in [0.2, 0.25) is 5.91 Å². The van der Waals surface area contributed by atoms with E-state index in [9.17, 15) is 4.79 Å². The van der Waals surface area contributed by atoms with Crippen LogP contribution in [0.4, 0.5) is 0 Å². The predicted octanol–water partition coefficient (Wildman–Crippen LogP) is 2.14. The Morgan fingerprint density at radius 2 is 2.11 bits per heavy atom. The summed E-state index contributed by atoms with van der Waals surface area (Å²) in [5.74, 6) is 0.293. The molecule has 1 saturated heterocycles. The average molecular weight is 268 g/mol. The fourth-order valence-corrected chi connectivity index (χ4v) is 3.63. The van der Waals surface area contributed by atoms with Gasteiger partial charge in [0.1, 0.15) is 0 Å². The molecule has 0 bridgehead atoms. The van der Waals surface area contributed by atoms with Crippen molar-refractivity contribution in [3.63, 3.8) is 0 Å². The highest BCUT2D eigenvalue weighted by atomic mass is 16.5. The van der Waals surface area contributed by atoms with E-state index in [0.717, 1.165) is 25.7 Å². The second kappa shape index (κ2) is 5.41. The normalized spacial score (nSPS) is 37.5. The van der Waals surface area contributed by atoms with Crippen molar-refractivity contribution in [3.05, 3.63) is 0 Å². The summed E-state index contributed by atoms with van der Waals surface area (Å²) in [5, 5.41) is 3.50. The van der Waals surface area contributed by atoms with Crippen LogP contribution in [0.1, 0.15) is 53.4 Å². The summed E-state index contributed by atoms with van der Waals surface area (Å²) in [6.45, 7) is 8.70. The Morgan fingerprint density at radius 1 is 1.42 bits per heavy atom. The number of hydrogen-bond donors (Lipinski definition) is 1. The van der Waals surface area contributed by atoms with Crippen molar-refractivity contribution < 1.29 is 9.53 Å². The molecular formula is C15H28N2O2. The quantitative estimate of drug-likeness (QED) is 0.830. The molecule has 4 atom stereocenters. The molecule has 110 valence electrons. The third-order valence-corrected chi connectivity index (χ3v) is 4.99. The van der Waals surface area contributed by atoms with E-state index in [0.29, 0.717) is 11.9 Å². The minimum Gasteiger partial charge on any atom is -0.381 e. The van der Waals surface area contributed by atoms with Gasteiger partial charge in [0.25, 0.3) is 0 Å². The molecule has 0 aromatic rings. The van der Waals surface area contributed by atoms with Gasteiger partial charge in [-0.25, -0.2) is 0 Å². The molecule has 4 heteroatoms. The van der Waals surface area contributed by atoms with Gasteiger partial charge in [-0.15, -0.1) is 0 Å². The van der Waals surface area contributed by atoms with Gasteiger partial charge in [-0.05, 0) is 19.3 Å². The lowest BCUT2D eigenvalue weighted by molar-refractivity contribution is -0.162. The summed E-state index contributed by atoms with van der Waals surface area (Å²) in [6.07, 6.45) is 4.39. The zero-order chi connectivity index (χ0) is 14.2. The molecular weight excluding hydrogens is 240 g/mol. The fourth-order valence-electron chi connectivity index (χ4n) is 3.63. The molecule has 0 aromatic heterocycles. The van der Waals surface area contributed by atoms with Gasteiger partial charge in [-0.1, -0.05) is 34.1 Å². The summed E-state index contributed by atoms with van der Waals surface area (Å²) in [5.41, 5.74) is 0.0562. The number of amides is 1. The molecule has 1 saturated carbocycles. The van der Waals surface area contributed by atoms with Gasteiger partial charge in [0.15, 0.2) is 0 Å². The fraction of sp³-hybridized carbons (Fsp3) is 0.933. The van der Waals surface area contributed by atoms with Crippen LogP contribution >= 0.6 is 0 Å². The highest BCUT2D eigenvalue weighted by molar-refractivity contribution is 5.84. The molecule has 1 amide bonds. The molecule has 2 fully saturated rings. The van der Waals surface area contributed by atoms with Crippen LogP contribution in [0, 0.1) is 5.41 Å². The Kier molecular flexibility index (Phi) is 4.21. The lowest BCUT2D eigenvalue weighted by Crippen LogP contribution is -2.64. The van der Waals surface area contributed by atoms with E-state index in [4.69, 9.17) is 4.74 Å². The number of rotatable bonds is 5. The molecule has 4 nitrogen and oxygen atoms in total. The second-order valence-corrected chi connectivity index (χ2v) is 6.47. The lowest BCUT2D eigenvalue weighted by Gasteiger charge is -2.55. The van der Waals surface area contributed by atoms with Crippen LogP contribution in [0.2, 0.25) is 0 Å². The van der Waals surface area contributed by atoms with Crippen LogP contribution in [0.3, 0.4) is 0 Å². The van der Waals surface area contributed by atoms with Gasteiger partial charge in [0, 0.05) is 18.6 Å². The molecule has 1 N–H and O–H groups in total. The summed E-state index contributed by atoms with van der Waals surface area (Å²) >= 11 is 0. The Hall–Kier alpha value is -0.610. The topological polar surface area (TPSA) is 41.6 Å². The standard InChI is InChI=1S/C15H28N2O2/c1-6-8-10-14(18)17(13(7-2)16-10)11-9-12(19-5)15(11,3)4/h10-13,16H,6-9H2,1-5H3. The van der Waals surface area contributed by atoms with Gasteiger partial charge < -0.3 is 9.64 Å². The maximum absolute atomic E-state index is 12.6. The number of nitrogens with one attached hydrogen (secondary N) is 1. The van der Waals surface area contributed by atoms with Crippen LogP contribution in [-0.4, -0.2) is 42.3 Å². The first kappa shape index (κ1) is 14.8. The number of carbonyl (C=O) groups is 1. The SMILES string of the molecule is CCCC1NC(CC)N(C2CC(OC)C2(C)C)C1=O. The van der Waals surface area contributed by atoms with Crippen molar-refractivity contribution in [1.29, 1.82) is 0 Å². The largest absolute Gasteiger partial charge is 0.381 e. The van der Waals surface area contributed by atoms with E-state index in [1.807, 2.05) is 0 Å². The molecule has 0 spiro atoms. The Balaban J connectivity index is 2.12. The number of hydrogen-bond acceptors (Lipinski definition) is 3. The van der Waals surface area contributed by atoms with E-state index in [1.165, 1.54) is 0 Å². The average Bonchev–Trinajstić information content (AvgIpc) is 2.67. The van der Waals surface area contributed by atoms with Gasteiger partial charge in [-0.2, -0.15) is 0 Å². The maximum Gasteiger partial charge on any atom is 0.241 e. The van der Waals surface area contributed by atoms with Crippen LogP contribution in [0.25, 0.3) is 0 Å². The molecule has 1 heterocycles. The monoisotopic (exact) mass is 268 g/mol. The van der Waals surface area contributed by atoms with Gasteiger partial charge in [-0.3, -0.25) is 10.1 Å². The van der Waals surface area contributed by atoms with Crippen LogP contribution in [-0.2, 0) is 9.53 Å². The zero-order valence-corrected chi connectivity index (χ0v) is 12.9. The van der Waals surface area contributed by atoms with Gasteiger partial charge >= 0.3 is 0 Å². The maximum atomic E-state index is 12.6. The van der Waals surface area contributed by atoms with Crippen LogP contribution in [0.15, 0.2) is 0 Å². The number of nitrogens with zero attached hydrogens (tertiary/aromatic N) is 1. The lowest BCUT2D eigenvalue weighted by atomic mass is 9.63. The minimum atomic E-state index is 0.0207. The Bertz CT molecular complexity index is 343. The smallest absolute Gasteiger partial charge is 0.241 e. The van der Waals surface area contributed by atoms with E-state index in [-0.39, 0.29) is 23.7 Å². The van der Waals surface area contributed by atoms with Crippen molar-refractivity contribution in [1.82, 2.24) is 10.2 Å². The first-order chi connectivity index (χ1) is 8.97. The molecule has 1 aliphatic carbocycles. The van der Waals surface area contributed by atoms with Gasteiger partial charge in [0.05, 0.1) is 18.3 Å². The Morgan fingerprint density at radius 3 is 2.58 bits per heavy atom. The summed E-state index contributed by atoms with van der Waals surface area (Å²) in [7, 11) is 1.77. The summed E-state index contributed by atoms with van der Waals surface area (Å²) in [6, 6.07) is 0.330. The molecule has 19 heavy (non-hydrogen) atoms. The van der Waals surface area contributed by atoms with Crippen LogP contribution in [0.5, 0.6) is 0 Å². The van der Waals surface area contributed by atoms with Crippen molar-refractivity contribution in [2.24, 2.45) is 5.41 Å².